The van der Waals surface area contributed by atoms with Crippen molar-refractivity contribution >= 4 is 17.0 Å². The fourth-order valence-electron chi connectivity index (χ4n) is 3.92. The molecular weight excluding hydrogens is 372 g/mol. The molecule has 1 fully saturated rings. The van der Waals surface area contributed by atoms with Gasteiger partial charge in [-0.2, -0.15) is 4.98 Å². The van der Waals surface area contributed by atoms with Crippen LogP contribution in [0.15, 0.2) is 21.7 Å². The largest absolute Gasteiger partial charge is 0.481 e. The molecule has 2 heterocycles. The predicted octanol–water partition coefficient (Wildman–Crippen LogP) is 2.81. The maximum Gasteiger partial charge on any atom is 0.349 e. The molecule has 2 aliphatic heterocycles. The van der Waals surface area contributed by atoms with Crippen LogP contribution in [0, 0.1) is 6.92 Å². The van der Waals surface area contributed by atoms with Crippen molar-refractivity contribution in [3.63, 3.8) is 0 Å². The Morgan fingerprint density at radius 1 is 1.17 bits per heavy atom. The molecule has 29 heavy (non-hydrogen) atoms. The van der Waals surface area contributed by atoms with Crippen molar-refractivity contribution in [3.8, 4) is 11.5 Å². The van der Waals surface area contributed by atoms with Crippen molar-refractivity contribution in [3.05, 3.63) is 44.1 Å². The number of aliphatic carboxylic acids is 1. The molecule has 0 spiro atoms. The summed E-state index contributed by atoms with van der Waals surface area (Å²) in [6, 6.07) is 4.14. The van der Waals surface area contributed by atoms with Crippen LogP contribution >= 0.6 is 0 Å². The number of nitrogens with zero attached hydrogens (tertiary/aromatic N) is 3. The van der Waals surface area contributed by atoms with E-state index in [-0.39, 0.29) is 12.1 Å². The molecule has 8 nitrogen and oxygen atoms in total. The summed E-state index contributed by atoms with van der Waals surface area (Å²) in [5.74, 6) is 0.101. The predicted molar refractivity (Wildman–Crippen MR) is 108 cm³/mol. The zero-order valence-electron chi connectivity index (χ0n) is 16.4. The minimum absolute atomic E-state index is 0.168. The molecule has 0 bridgehead atoms. The van der Waals surface area contributed by atoms with E-state index in [1.54, 1.807) is 0 Å². The van der Waals surface area contributed by atoms with Crippen molar-refractivity contribution in [1.82, 2.24) is 19.5 Å². The van der Waals surface area contributed by atoms with E-state index in [0.717, 1.165) is 35.9 Å². The van der Waals surface area contributed by atoms with Crippen molar-refractivity contribution < 1.29 is 9.90 Å². The quantitative estimate of drug-likeness (QED) is 0.446. The summed E-state index contributed by atoms with van der Waals surface area (Å²) in [5.41, 5.74) is 3.03. The van der Waals surface area contributed by atoms with Gasteiger partial charge in [0.05, 0.1) is 11.0 Å². The smallest absolute Gasteiger partial charge is 0.349 e. The lowest BCUT2D eigenvalue weighted by Crippen LogP contribution is -2.29. The molecule has 0 aromatic heterocycles. The maximum atomic E-state index is 12.3. The Morgan fingerprint density at radius 3 is 2.66 bits per heavy atom. The Kier molecular flexibility index (Phi) is 5.17. The SMILES string of the molecule is Cc1cc2nc3c(=O)[nH]c(=O)nc-3n(CCCCCCC(=O)O)c2cc1C1CC1. The highest BCUT2D eigenvalue weighted by molar-refractivity contribution is 5.81. The lowest BCUT2D eigenvalue weighted by atomic mass is 10.0. The molecule has 0 saturated heterocycles. The van der Waals surface area contributed by atoms with Gasteiger partial charge in [0.2, 0.25) is 0 Å². The number of benzene rings is 1. The highest BCUT2D eigenvalue weighted by Crippen LogP contribution is 2.42. The number of nitrogens with one attached hydrogen (secondary N) is 1. The minimum atomic E-state index is -0.778. The summed E-state index contributed by atoms with van der Waals surface area (Å²) in [5, 5.41) is 8.75. The molecule has 1 aliphatic carbocycles. The molecule has 152 valence electrons. The summed E-state index contributed by atoms with van der Waals surface area (Å²) in [7, 11) is 0. The van der Waals surface area contributed by atoms with Crippen molar-refractivity contribution in [1.29, 1.82) is 0 Å². The van der Waals surface area contributed by atoms with Gasteiger partial charge in [-0.05, 0) is 61.8 Å². The van der Waals surface area contributed by atoms with Gasteiger partial charge in [0.25, 0.3) is 5.56 Å². The third kappa shape index (κ3) is 4.06. The van der Waals surface area contributed by atoms with Crippen LogP contribution in [0.25, 0.3) is 22.6 Å². The van der Waals surface area contributed by atoms with E-state index in [1.165, 1.54) is 18.4 Å². The van der Waals surface area contributed by atoms with E-state index in [0.29, 0.717) is 24.7 Å². The molecule has 1 aromatic rings. The molecule has 0 unspecified atom stereocenters. The molecule has 0 amide bonds. The first-order chi connectivity index (χ1) is 13.9. The first-order valence-electron chi connectivity index (χ1n) is 10.1. The molecule has 8 heteroatoms. The normalized spacial score (nSPS) is 14.0. The average molecular weight is 396 g/mol. The second-order valence-electron chi connectivity index (χ2n) is 7.84. The maximum absolute atomic E-state index is 12.3. The Balaban J connectivity index is 1.73. The van der Waals surface area contributed by atoms with Crippen molar-refractivity contribution in [2.45, 2.75) is 64.3 Å². The summed E-state index contributed by atoms with van der Waals surface area (Å²) < 4.78 is 1.93. The standard InChI is InChI=1S/C21H24N4O4/c1-12-10-15-16(11-14(12)13-7-8-13)25(9-5-3-2-4-6-17(26)27)19-18(22-15)20(28)24-21(29)23-19/h10-11,13H,2-9H2,1H3,(H,26,27)(H,24,28,29). The van der Waals surface area contributed by atoms with Crippen LogP contribution in [0.4, 0.5) is 0 Å². The topological polar surface area (TPSA) is 118 Å². The number of H-pyrrole nitrogens is 1. The van der Waals surface area contributed by atoms with E-state index < -0.39 is 17.2 Å². The fraction of sp³-hybridized carbons (Fsp3) is 0.476. The molecular formula is C21H24N4O4. The summed E-state index contributed by atoms with van der Waals surface area (Å²) >= 11 is 0. The molecule has 2 N–H and O–H groups in total. The van der Waals surface area contributed by atoms with Gasteiger partial charge in [-0.3, -0.25) is 14.6 Å². The molecule has 1 saturated carbocycles. The van der Waals surface area contributed by atoms with Gasteiger partial charge in [-0.15, -0.1) is 0 Å². The summed E-state index contributed by atoms with van der Waals surface area (Å²) in [4.78, 5) is 45.6. The minimum Gasteiger partial charge on any atom is -0.481 e. The third-order valence-corrected chi connectivity index (χ3v) is 5.54. The van der Waals surface area contributed by atoms with Crippen molar-refractivity contribution in [2.24, 2.45) is 0 Å². The molecule has 3 aliphatic rings. The first-order valence-corrected chi connectivity index (χ1v) is 10.1. The van der Waals surface area contributed by atoms with Crippen LogP contribution in [0.1, 0.15) is 62.0 Å². The van der Waals surface area contributed by atoms with Gasteiger partial charge in [-0.25, -0.2) is 9.78 Å². The van der Waals surface area contributed by atoms with E-state index >= 15 is 0 Å². The number of carbonyl (C=O) groups is 1. The number of carboxylic acid groups (broad SMARTS) is 1. The van der Waals surface area contributed by atoms with Gasteiger partial charge in [-0.1, -0.05) is 12.8 Å². The van der Waals surface area contributed by atoms with E-state index in [1.807, 2.05) is 10.6 Å². The second-order valence-corrected chi connectivity index (χ2v) is 7.84. The van der Waals surface area contributed by atoms with Gasteiger partial charge < -0.3 is 9.67 Å². The van der Waals surface area contributed by atoms with Gasteiger partial charge in [0.15, 0.2) is 11.5 Å². The van der Waals surface area contributed by atoms with Gasteiger partial charge in [0, 0.05) is 13.0 Å². The number of hydrogen-bond donors (Lipinski definition) is 2. The number of unbranched alkanes of at least 4 members (excludes halogenated alkanes) is 3. The van der Waals surface area contributed by atoms with Gasteiger partial charge in [0.1, 0.15) is 0 Å². The fourth-order valence-corrected chi connectivity index (χ4v) is 3.92. The number of aryl methyl sites for hydroxylation is 2. The zero-order chi connectivity index (χ0) is 20.5. The van der Waals surface area contributed by atoms with Crippen LogP contribution in [0.3, 0.4) is 0 Å². The zero-order valence-corrected chi connectivity index (χ0v) is 16.4. The Bertz CT molecular complexity index is 1160. The molecule has 0 radical (unpaired) electrons. The Morgan fingerprint density at radius 2 is 1.93 bits per heavy atom. The van der Waals surface area contributed by atoms with Crippen LogP contribution in [-0.2, 0) is 11.3 Å². The van der Waals surface area contributed by atoms with Crippen LogP contribution in [-0.4, -0.2) is 30.6 Å². The van der Waals surface area contributed by atoms with E-state index in [4.69, 9.17) is 5.11 Å². The molecule has 4 rings (SSSR count). The number of carboxylic acids is 1. The molecule has 0 atom stereocenters. The highest BCUT2D eigenvalue weighted by atomic mass is 16.4. The summed E-state index contributed by atoms with van der Waals surface area (Å²) in [6.07, 6.45) is 5.66. The molecule has 1 aromatic carbocycles. The van der Waals surface area contributed by atoms with E-state index in [2.05, 4.69) is 27.9 Å². The van der Waals surface area contributed by atoms with Crippen LogP contribution in [0.2, 0.25) is 0 Å². The Hall–Kier alpha value is -3.03. The lowest BCUT2D eigenvalue weighted by Gasteiger charge is -2.18. The third-order valence-electron chi connectivity index (χ3n) is 5.54. The number of fused-ring (bicyclic) bond motifs is 2. The van der Waals surface area contributed by atoms with Gasteiger partial charge >= 0.3 is 11.7 Å². The lowest BCUT2D eigenvalue weighted by molar-refractivity contribution is -0.137. The summed E-state index contributed by atoms with van der Waals surface area (Å²) in [6.45, 7) is 2.65. The number of hydrogen-bond acceptors (Lipinski definition) is 5. The van der Waals surface area contributed by atoms with Crippen LogP contribution < -0.4 is 11.2 Å². The van der Waals surface area contributed by atoms with Crippen LogP contribution in [0.5, 0.6) is 0 Å². The Labute approximate surface area is 167 Å². The number of aromatic nitrogens is 4. The number of rotatable bonds is 8. The highest BCUT2D eigenvalue weighted by Gasteiger charge is 2.27. The average Bonchev–Trinajstić information content (AvgIpc) is 3.49. The second kappa shape index (κ2) is 7.77. The number of aromatic amines is 1. The van der Waals surface area contributed by atoms with E-state index in [9.17, 15) is 14.4 Å². The monoisotopic (exact) mass is 396 g/mol. The first kappa shape index (κ1) is 19.3. The van der Waals surface area contributed by atoms with Crippen molar-refractivity contribution in [2.75, 3.05) is 0 Å².